The highest BCUT2D eigenvalue weighted by Crippen LogP contribution is 2.18. The van der Waals surface area contributed by atoms with E-state index in [9.17, 15) is 13.2 Å². The molecule has 0 radical (unpaired) electrons. The number of sulfonamides is 1. The van der Waals surface area contributed by atoms with E-state index in [1.165, 1.54) is 0 Å². The minimum atomic E-state index is -3.64. The van der Waals surface area contributed by atoms with Crippen molar-refractivity contribution in [2.45, 2.75) is 50.2 Å². The van der Waals surface area contributed by atoms with Gasteiger partial charge in [-0.25, -0.2) is 13.1 Å². The minimum absolute atomic E-state index is 0. The zero-order valence-electron chi connectivity index (χ0n) is 15.4. The topological polar surface area (TPSA) is 87.3 Å². The molecule has 2 rings (SSSR count). The van der Waals surface area contributed by atoms with Crippen LogP contribution in [0.1, 0.15) is 32.8 Å². The van der Waals surface area contributed by atoms with E-state index in [1.54, 1.807) is 45.0 Å². The lowest BCUT2D eigenvalue weighted by molar-refractivity contribution is -0.121. The maximum atomic E-state index is 12.6. The maximum Gasteiger partial charge on any atom is 0.241 e. The molecule has 1 atom stereocenters. The molecule has 1 fully saturated rings. The highest BCUT2D eigenvalue weighted by molar-refractivity contribution is 7.99. The average molecular weight is 422 g/mol. The number of carbonyl (C=O) groups is 1. The van der Waals surface area contributed by atoms with Crippen LogP contribution in [-0.4, -0.2) is 44.0 Å². The van der Waals surface area contributed by atoms with Crippen LogP contribution in [0.15, 0.2) is 29.2 Å². The Hall–Kier alpha value is -0.800. The fourth-order valence-corrected chi connectivity index (χ4v) is 5.22. The summed E-state index contributed by atoms with van der Waals surface area (Å²) in [6, 6.07) is 6.93. The van der Waals surface area contributed by atoms with Gasteiger partial charge < -0.3 is 10.6 Å². The van der Waals surface area contributed by atoms with Crippen LogP contribution >= 0.6 is 24.2 Å². The minimum Gasteiger partial charge on any atom is -0.352 e. The lowest BCUT2D eigenvalue weighted by atomic mass is 10.1. The van der Waals surface area contributed by atoms with Crippen LogP contribution in [0.5, 0.6) is 0 Å². The highest BCUT2D eigenvalue weighted by atomic mass is 35.5. The summed E-state index contributed by atoms with van der Waals surface area (Å²) < 4.78 is 27.8. The van der Waals surface area contributed by atoms with Crippen molar-refractivity contribution < 1.29 is 13.2 Å². The Morgan fingerprint density at radius 2 is 2.00 bits per heavy atom. The van der Waals surface area contributed by atoms with Gasteiger partial charge in [-0.05, 0) is 32.4 Å². The fourth-order valence-electron chi connectivity index (χ4n) is 2.61. The third-order valence-electron chi connectivity index (χ3n) is 3.61. The Bertz CT molecular complexity index is 699. The number of hydrogen-bond acceptors (Lipinski definition) is 5. The molecule has 0 aliphatic carbocycles. The number of amides is 1. The summed E-state index contributed by atoms with van der Waals surface area (Å²) in [5, 5.41) is 6.16. The molecule has 6 nitrogen and oxygen atoms in total. The second-order valence-electron chi connectivity index (χ2n) is 7.17. The van der Waals surface area contributed by atoms with Crippen molar-refractivity contribution in [1.82, 2.24) is 15.4 Å². The third-order valence-corrected chi connectivity index (χ3v) is 6.60. The summed E-state index contributed by atoms with van der Waals surface area (Å²) >= 11 is 1.84. The second-order valence-corrected chi connectivity index (χ2v) is 9.97. The van der Waals surface area contributed by atoms with Crippen LogP contribution in [0, 0.1) is 0 Å². The first kappa shape index (κ1) is 23.2. The quantitative estimate of drug-likeness (QED) is 0.653. The maximum absolute atomic E-state index is 12.6. The van der Waals surface area contributed by atoms with Gasteiger partial charge in [0.15, 0.2) is 0 Å². The molecule has 1 aromatic carbocycles. The molecule has 1 aliphatic rings. The lowest BCUT2D eigenvalue weighted by Gasteiger charge is -2.23. The van der Waals surface area contributed by atoms with Crippen LogP contribution in [0.4, 0.5) is 0 Å². The molecule has 1 aromatic rings. The van der Waals surface area contributed by atoms with Gasteiger partial charge in [-0.3, -0.25) is 4.79 Å². The summed E-state index contributed by atoms with van der Waals surface area (Å²) in [7, 11) is -3.64. The van der Waals surface area contributed by atoms with Crippen LogP contribution in [0.2, 0.25) is 0 Å². The molecule has 148 valence electrons. The first-order chi connectivity index (χ1) is 11.7. The lowest BCUT2D eigenvalue weighted by Crippen LogP contribution is -2.42. The number of rotatable bonds is 6. The summed E-state index contributed by atoms with van der Waals surface area (Å²) in [6.45, 7) is 6.50. The molecule has 1 saturated heterocycles. The molecule has 1 unspecified atom stereocenters. The molecular weight excluding hydrogens is 394 g/mol. The molecule has 0 aromatic heterocycles. The first-order valence-corrected chi connectivity index (χ1v) is 11.0. The van der Waals surface area contributed by atoms with Crippen LogP contribution in [0.25, 0.3) is 0 Å². The van der Waals surface area contributed by atoms with Crippen molar-refractivity contribution in [3.8, 4) is 0 Å². The molecular formula is C17H28ClN3O3S2. The normalized spacial score (nSPS) is 18.0. The standard InChI is InChI=1S/C17H27N3O3S2.ClH/c1-17(2,3)20-25(22,23)15-7-5-4-6-13(15)11-19-16(21)10-14-12-24-9-8-18-14;/h4-7,14,18,20H,8-12H2,1-3H3,(H,19,21);1H. The van der Waals surface area contributed by atoms with E-state index in [0.717, 1.165) is 18.1 Å². The zero-order valence-corrected chi connectivity index (χ0v) is 17.8. The van der Waals surface area contributed by atoms with E-state index in [-0.39, 0.29) is 35.8 Å². The van der Waals surface area contributed by atoms with E-state index in [4.69, 9.17) is 0 Å². The van der Waals surface area contributed by atoms with Crippen molar-refractivity contribution in [3.05, 3.63) is 29.8 Å². The van der Waals surface area contributed by atoms with E-state index in [2.05, 4.69) is 15.4 Å². The predicted octanol–water partition coefficient (Wildman–Crippen LogP) is 1.90. The summed E-state index contributed by atoms with van der Waals surface area (Å²) in [5.41, 5.74) is 0.0121. The van der Waals surface area contributed by atoms with E-state index in [0.29, 0.717) is 12.0 Å². The van der Waals surface area contributed by atoms with Gasteiger partial charge in [0, 0.05) is 42.6 Å². The summed E-state index contributed by atoms with van der Waals surface area (Å²) in [5.74, 6) is 1.92. The van der Waals surface area contributed by atoms with Gasteiger partial charge in [0.05, 0.1) is 4.90 Å². The Kier molecular flexibility index (Phi) is 8.88. The fraction of sp³-hybridized carbons (Fsp3) is 0.588. The first-order valence-electron chi connectivity index (χ1n) is 8.37. The largest absolute Gasteiger partial charge is 0.352 e. The predicted molar refractivity (Wildman–Crippen MR) is 109 cm³/mol. The van der Waals surface area contributed by atoms with Gasteiger partial charge in [-0.2, -0.15) is 11.8 Å². The van der Waals surface area contributed by atoms with Crippen molar-refractivity contribution in [2.24, 2.45) is 0 Å². The number of halogens is 1. The monoisotopic (exact) mass is 421 g/mol. The molecule has 3 N–H and O–H groups in total. The zero-order chi connectivity index (χ0) is 18.5. The number of benzene rings is 1. The number of hydrogen-bond donors (Lipinski definition) is 3. The van der Waals surface area contributed by atoms with Crippen molar-refractivity contribution in [2.75, 3.05) is 18.1 Å². The number of nitrogens with one attached hydrogen (secondary N) is 3. The smallest absolute Gasteiger partial charge is 0.241 e. The molecule has 0 saturated carbocycles. The molecule has 1 amide bonds. The van der Waals surface area contributed by atoms with Crippen molar-refractivity contribution in [3.63, 3.8) is 0 Å². The molecule has 0 spiro atoms. The van der Waals surface area contributed by atoms with Crippen LogP contribution < -0.4 is 15.4 Å². The summed E-state index contributed by atoms with van der Waals surface area (Å²) in [4.78, 5) is 12.4. The number of thioether (sulfide) groups is 1. The molecule has 1 aliphatic heterocycles. The van der Waals surface area contributed by atoms with Gasteiger partial charge in [0.2, 0.25) is 15.9 Å². The Balaban J connectivity index is 0.00000338. The SMILES string of the molecule is CC(C)(C)NS(=O)(=O)c1ccccc1CNC(=O)CC1CSCCN1.Cl. The number of carbonyl (C=O) groups excluding carboxylic acids is 1. The molecule has 0 bridgehead atoms. The van der Waals surface area contributed by atoms with Crippen LogP contribution in [-0.2, 0) is 21.4 Å². The van der Waals surface area contributed by atoms with Gasteiger partial charge in [-0.1, -0.05) is 18.2 Å². The highest BCUT2D eigenvalue weighted by Gasteiger charge is 2.24. The Labute approximate surface area is 166 Å². The molecule has 26 heavy (non-hydrogen) atoms. The third kappa shape index (κ3) is 7.44. The Morgan fingerprint density at radius 3 is 2.62 bits per heavy atom. The van der Waals surface area contributed by atoms with Gasteiger partial charge in [-0.15, -0.1) is 12.4 Å². The van der Waals surface area contributed by atoms with Crippen molar-refractivity contribution in [1.29, 1.82) is 0 Å². The van der Waals surface area contributed by atoms with Gasteiger partial charge >= 0.3 is 0 Å². The van der Waals surface area contributed by atoms with E-state index < -0.39 is 15.6 Å². The van der Waals surface area contributed by atoms with E-state index >= 15 is 0 Å². The molecule has 9 heteroatoms. The summed E-state index contributed by atoms with van der Waals surface area (Å²) in [6.07, 6.45) is 0.405. The average Bonchev–Trinajstić information content (AvgIpc) is 2.52. The Morgan fingerprint density at radius 1 is 1.31 bits per heavy atom. The van der Waals surface area contributed by atoms with Gasteiger partial charge in [0.1, 0.15) is 0 Å². The second kappa shape index (κ2) is 9.94. The molecule has 1 heterocycles. The van der Waals surface area contributed by atoms with Crippen LogP contribution in [0.3, 0.4) is 0 Å². The van der Waals surface area contributed by atoms with E-state index in [1.807, 2.05) is 11.8 Å². The van der Waals surface area contributed by atoms with Crippen molar-refractivity contribution >= 4 is 40.1 Å². The van der Waals surface area contributed by atoms with Gasteiger partial charge in [0.25, 0.3) is 0 Å².